The Hall–Kier alpha value is -1.35. The molecule has 2 aromatic rings. The number of aliphatic hydroxyl groups excluding tert-OH is 1. The first-order valence-corrected chi connectivity index (χ1v) is 4.94. The van der Waals surface area contributed by atoms with E-state index >= 15 is 0 Å². The number of aromatic nitrogens is 2. The first-order chi connectivity index (χ1) is 6.81. The van der Waals surface area contributed by atoms with Crippen molar-refractivity contribution in [2.45, 2.75) is 25.9 Å². The largest absolute Gasteiger partial charge is 0.385 e. The summed E-state index contributed by atoms with van der Waals surface area (Å²) in [5.41, 5.74) is 1.90. The molecule has 1 atom stereocenters. The van der Waals surface area contributed by atoms with E-state index in [1.54, 1.807) is 0 Å². The molecule has 3 heteroatoms. The van der Waals surface area contributed by atoms with E-state index in [-0.39, 0.29) is 0 Å². The average Bonchev–Trinajstić information content (AvgIpc) is 2.61. The van der Waals surface area contributed by atoms with Crippen molar-refractivity contribution in [1.82, 2.24) is 9.97 Å². The topological polar surface area (TPSA) is 48.9 Å². The van der Waals surface area contributed by atoms with Crippen LogP contribution in [0.15, 0.2) is 24.3 Å². The maximum Gasteiger partial charge on any atom is 0.136 e. The molecule has 0 aliphatic rings. The van der Waals surface area contributed by atoms with E-state index in [4.69, 9.17) is 0 Å². The highest BCUT2D eigenvalue weighted by Gasteiger charge is 2.10. The Morgan fingerprint density at radius 2 is 2.21 bits per heavy atom. The van der Waals surface area contributed by atoms with Gasteiger partial charge in [0.2, 0.25) is 0 Å². The summed E-state index contributed by atoms with van der Waals surface area (Å²) in [6.07, 6.45) is 1.24. The minimum atomic E-state index is -0.465. The summed E-state index contributed by atoms with van der Waals surface area (Å²) in [4.78, 5) is 7.44. The molecule has 1 aromatic carbocycles. The van der Waals surface area contributed by atoms with Gasteiger partial charge in [-0.1, -0.05) is 25.5 Å². The minimum absolute atomic E-state index is 0.465. The average molecular weight is 190 g/mol. The smallest absolute Gasteiger partial charge is 0.136 e. The zero-order chi connectivity index (χ0) is 9.97. The molecule has 0 fully saturated rings. The summed E-state index contributed by atoms with van der Waals surface area (Å²) in [5, 5.41) is 9.73. The molecule has 0 radical (unpaired) electrons. The molecule has 1 aromatic heterocycles. The van der Waals surface area contributed by atoms with Crippen molar-refractivity contribution in [1.29, 1.82) is 0 Å². The highest BCUT2D eigenvalue weighted by atomic mass is 16.3. The Balaban J connectivity index is 2.35. The Bertz CT molecular complexity index is 389. The van der Waals surface area contributed by atoms with Crippen molar-refractivity contribution >= 4 is 11.0 Å². The van der Waals surface area contributed by atoms with E-state index in [0.29, 0.717) is 5.82 Å². The second-order valence-corrected chi connectivity index (χ2v) is 3.44. The lowest BCUT2D eigenvalue weighted by Gasteiger charge is -2.03. The van der Waals surface area contributed by atoms with Crippen LogP contribution in [0.5, 0.6) is 0 Å². The Morgan fingerprint density at radius 3 is 2.93 bits per heavy atom. The predicted octanol–water partition coefficient (Wildman–Crippen LogP) is 2.40. The molecule has 0 aliphatic carbocycles. The maximum atomic E-state index is 9.73. The molecule has 0 saturated carbocycles. The van der Waals surface area contributed by atoms with E-state index in [2.05, 4.69) is 9.97 Å². The first kappa shape index (κ1) is 9.21. The monoisotopic (exact) mass is 190 g/mol. The number of benzene rings is 1. The molecule has 0 amide bonds. The van der Waals surface area contributed by atoms with Crippen LogP contribution in [0, 0.1) is 0 Å². The normalized spacial score (nSPS) is 13.3. The summed E-state index contributed by atoms with van der Waals surface area (Å²) < 4.78 is 0. The predicted molar refractivity (Wildman–Crippen MR) is 56.0 cm³/mol. The van der Waals surface area contributed by atoms with Crippen LogP contribution in [0.1, 0.15) is 31.7 Å². The summed E-state index contributed by atoms with van der Waals surface area (Å²) in [5.74, 6) is 0.674. The number of imidazole rings is 1. The van der Waals surface area contributed by atoms with Gasteiger partial charge in [0.15, 0.2) is 0 Å². The van der Waals surface area contributed by atoms with Crippen LogP contribution in [-0.2, 0) is 0 Å². The quantitative estimate of drug-likeness (QED) is 0.780. The lowest BCUT2D eigenvalue weighted by atomic mass is 10.2. The molecule has 0 saturated heterocycles. The van der Waals surface area contributed by atoms with Crippen molar-refractivity contribution < 1.29 is 5.11 Å². The van der Waals surface area contributed by atoms with Crippen LogP contribution in [0.4, 0.5) is 0 Å². The van der Waals surface area contributed by atoms with E-state index in [0.717, 1.165) is 23.9 Å². The summed E-state index contributed by atoms with van der Waals surface area (Å²) in [6, 6.07) is 7.80. The van der Waals surface area contributed by atoms with Gasteiger partial charge in [0.25, 0.3) is 0 Å². The molecule has 0 aliphatic heterocycles. The van der Waals surface area contributed by atoms with Crippen LogP contribution in [0.25, 0.3) is 11.0 Å². The third-order valence-corrected chi connectivity index (χ3v) is 2.29. The van der Waals surface area contributed by atoms with Gasteiger partial charge in [-0.25, -0.2) is 4.98 Å². The number of fused-ring (bicyclic) bond motifs is 1. The molecule has 1 heterocycles. The molecule has 74 valence electrons. The first-order valence-electron chi connectivity index (χ1n) is 4.94. The molecule has 14 heavy (non-hydrogen) atoms. The van der Waals surface area contributed by atoms with Crippen molar-refractivity contribution in [3.8, 4) is 0 Å². The van der Waals surface area contributed by atoms with Crippen molar-refractivity contribution in [3.05, 3.63) is 30.1 Å². The number of nitrogens with one attached hydrogen (secondary N) is 1. The standard InChI is InChI=1S/C11H14N2O/c1-2-5-10(14)11-12-8-6-3-4-7-9(8)13-11/h3-4,6-7,10,14H,2,5H2,1H3,(H,12,13)/t10-/m1/s1. The Labute approximate surface area is 82.8 Å². The van der Waals surface area contributed by atoms with E-state index in [1.165, 1.54) is 0 Å². The molecule has 0 bridgehead atoms. The van der Waals surface area contributed by atoms with Crippen LogP contribution in [0.3, 0.4) is 0 Å². The number of hydrogen-bond acceptors (Lipinski definition) is 2. The second kappa shape index (κ2) is 3.80. The third kappa shape index (κ3) is 1.63. The highest BCUT2D eigenvalue weighted by Crippen LogP contribution is 2.18. The lowest BCUT2D eigenvalue weighted by Crippen LogP contribution is -1.98. The van der Waals surface area contributed by atoms with Crippen LogP contribution in [-0.4, -0.2) is 15.1 Å². The number of nitrogens with zero attached hydrogens (tertiary/aromatic N) is 1. The fourth-order valence-electron chi connectivity index (χ4n) is 1.54. The lowest BCUT2D eigenvalue weighted by molar-refractivity contribution is 0.158. The number of aliphatic hydroxyl groups is 1. The van der Waals surface area contributed by atoms with Crippen molar-refractivity contribution in [2.24, 2.45) is 0 Å². The van der Waals surface area contributed by atoms with Crippen molar-refractivity contribution in [2.75, 3.05) is 0 Å². The van der Waals surface area contributed by atoms with Gasteiger partial charge in [-0.05, 0) is 18.6 Å². The molecular weight excluding hydrogens is 176 g/mol. The van der Waals surface area contributed by atoms with Gasteiger partial charge in [-0.3, -0.25) is 0 Å². The molecule has 2 rings (SSSR count). The fourth-order valence-corrected chi connectivity index (χ4v) is 1.54. The number of H-pyrrole nitrogens is 1. The number of rotatable bonds is 3. The molecule has 0 spiro atoms. The van der Waals surface area contributed by atoms with Gasteiger partial charge in [0.1, 0.15) is 11.9 Å². The van der Waals surface area contributed by atoms with E-state index < -0.39 is 6.10 Å². The molecular formula is C11H14N2O. The fraction of sp³-hybridized carbons (Fsp3) is 0.364. The van der Waals surface area contributed by atoms with Gasteiger partial charge < -0.3 is 10.1 Å². The van der Waals surface area contributed by atoms with Gasteiger partial charge in [-0.2, -0.15) is 0 Å². The van der Waals surface area contributed by atoms with Crippen LogP contribution >= 0.6 is 0 Å². The van der Waals surface area contributed by atoms with E-state index in [9.17, 15) is 5.11 Å². The number of aromatic amines is 1. The Kier molecular flexibility index (Phi) is 2.50. The van der Waals surface area contributed by atoms with Crippen LogP contribution in [0.2, 0.25) is 0 Å². The summed E-state index contributed by atoms with van der Waals surface area (Å²) in [7, 11) is 0. The van der Waals surface area contributed by atoms with E-state index in [1.807, 2.05) is 31.2 Å². The SMILES string of the molecule is CCC[C@@H](O)c1nc2ccccc2[nH]1. The molecule has 3 nitrogen and oxygen atoms in total. The summed E-state index contributed by atoms with van der Waals surface area (Å²) >= 11 is 0. The number of hydrogen-bond donors (Lipinski definition) is 2. The van der Waals surface area contributed by atoms with Gasteiger partial charge in [0, 0.05) is 0 Å². The van der Waals surface area contributed by atoms with Gasteiger partial charge >= 0.3 is 0 Å². The Morgan fingerprint density at radius 1 is 1.43 bits per heavy atom. The van der Waals surface area contributed by atoms with Crippen molar-refractivity contribution in [3.63, 3.8) is 0 Å². The molecule has 2 N–H and O–H groups in total. The van der Waals surface area contributed by atoms with Gasteiger partial charge in [-0.15, -0.1) is 0 Å². The molecule has 0 unspecified atom stereocenters. The zero-order valence-electron chi connectivity index (χ0n) is 8.20. The maximum absolute atomic E-state index is 9.73. The van der Waals surface area contributed by atoms with Crippen LogP contribution < -0.4 is 0 Å². The highest BCUT2D eigenvalue weighted by molar-refractivity contribution is 5.74. The number of para-hydroxylation sites is 2. The second-order valence-electron chi connectivity index (χ2n) is 3.44. The third-order valence-electron chi connectivity index (χ3n) is 2.29. The minimum Gasteiger partial charge on any atom is -0.385 e. The van der Waals surface area contributed by atoms with Gasteiger partial charge in [0.05, 0.1) is 11.0 Å². The summed E-state index contributed by atoms with van der Waals surface area (Å²) in [6.45, 7) is 2.05. The zero-order valence-corrected chi connectivity index (χ0v) is 8.20.